The van der Waals surface area contributed by atoms with Crippen molar-refractivity contribution >= 4 is 11.6 Å². The zero-order chi connectivity index (χ0) is 19.4. The van der Waals surface area contributed by atoms with Gasteiger partial charge in [-0.3, -0.25) is 9.59 Å². The van der Waals surface area contributed by atoms with Crippen LogP contribution in [0.5, 0.6) is 11.5 Å². The lowest BCUT2D eigenvalue weighted by Gasteiger charge is -2.18. The van der Waals surface area contributed by atoms with Crippen molar-refractivity contribution in [2.24, 2.45) is 13.0 Å². The second-order valence-corrected chi connectivity index (χ2v) is 6.50. The highest BCUT2D eigenvalue weighted by Gasteiger charge is 2.28. The monoisotopic (exact) mass is 372 g/mol. The molecule has 1 N–H and O–H groups in total. The first-order valence-electron chi connectivity index (χ1n) is 8.78. The number of anilines is 1. The minimum absolute atomic E-state index is 0.0147. The first-order chi connectivity index (χ1) is 13.0. The maximum Gasteiger partial charge on any atom is 0.268 e. The van der Waals surface area contributed by atoms with Crippen LogP contribution in [0.3, 0.4) is 0 Å². The van der Waals surface area contributed by atoms with Crippen LogP contribution in [0.1, 0.15) is 12.0 Å². The quantitative estimate of drug-likeness (QED) is 0.812. The summed E-state index contributed by atoms with van der Waals surface area (Å²) in [5.41, 5.74) is 1.45. The maximum absolute atomic E-state index is 12.6. The van der Waals surface area contributed by atoms with E-state index in [9.17, 15) is 9.59 Å². The second-order valence-electron chi connectivity index (χ2n) is 6.50. The summed E-state index contributed by atoms with van der Waals surface area (Å²) in [5.74, 6) is 1.27. The van der Waals surface area contributed by atoms with Gasteiger partial charge in [-0.25, -0.2) is 4.68 Å². The third-order valence-electron chi connectivity index (χ3n) is 4.82. The molecule has 0 saturated carbocycles. The van der Waals surface area contributed by atoms with Crippen molar-refractivity contribution in [1.82, 2.24) is 15.1 Å². The van der Waals surface area contributed by atoms with Crippen molar-refractivity contribution in [1.29, 1.82) is 0 Å². The Balaban J connectivity index is 1.61. The predicted molar refractivity (Wildman–Crippen MR) is 101 cm³/mol. The third kappa shape index (κ3) is 4.21. The maximum atomic E-state index is 12.6. The topological polar surface area (TPSA) is 85.7 Å². The standard InChI is InChI=1S/C19H24N4O4/c1-22-18(24)9-15(11-21-22)23-7-6-13(12-23)19(25)20-10-14-8-16(26-2)4-5-17(14)27-3/h4-5,8-9,11,13H,6-7,10,12H2,1-3H3,(H,20,25). The molecule has 2 aromatic rings. The summed E-state index contributed by atoms with van der Waals surface area (Å²) in [7, 11) is 4.81. The van der Waals surface area contributed by atoms with Crippen LogP contribution in [0.25, 0.3) is 0 Å². The summed E-state index contributed by atoms with van der Waals surface area (Å²) in [5, 5.41) is 7.02. The number of hydrogen-bond donors (Lipinski definition) is 1. The Kier molecular flexibility index (Phi) is 5.63. The Morgan fingerprint density at radius 2 is 2.11 bits per heavy atom. The van der Waals surface area contributed by atoms with Crippen LogP contribution in [0.15, 0.2) is 35.3 Å². The number of amides is 1. The van der Waals surface area contributed by atoms with Gasteiger partial charge < -0.3 is 19.7 Å². The fourth-order valence-corrected chi connectivity index (χ4v) is 3.19. The molecule has 27 heavy (non-hydrogen) atoms. The van der Waals surface area contributed by atoms with Crippen LogP contribution in [0, 0.1) is 5.92 Å². The molecule has 144 valence electrons. The summed E-state index contributed by atoms with van der Waals surface area (Å²) in [6.45, 7) is 1.65. The van der Waals surface area contributed by atoms with E-state index >= 15 is 0 Å². The summed E-state index contributed by atoms with van der Waals surface area (Å²) < 4.78 is 11.9. The van der Waals surface area contributed by atoms with Crippen LogP contribution >= 0.6 is 0 Å². The number of benzene rings is 1. The average molecular weight is 372 g/mol. The molecule has 2 heterocycles. The fraction of sp³-hybridized carbons (Fsp3) is 0.421. The van der Waals surface area contributed by atoms with Crippen molar-refractivity contribution in [2.45, 2.75) is 13.0 Å². The molecule has 0 aliphatic carbocycles. The predicted octanol–water partition coefficient (Wildman–Crippen LogP) is 0.940. The Morgan fingerprint density at radius 1 is 1.30 bits per heavy atom. The van der Waals surface area contributed by atoms with Crippen LogP contribution in [0.2, 0.25) is 0 Å². The van der Waals surface area contributed by atoms with E-state index in [0.29, 0.717) is 24.6 Å². The van der Waals surface area contributed by atoms with Gasteiger partial charge in [-0.1, -0.05) is 0 Å². The van der Waals surface area contributed by atoms with Crippen molar-refractivity contribution < 1.29 is 14.3 Å². The zero-order valence-electron chi connectivity index (χ0n) is 15.8. The molecule has 8 heteroatoms. The van der Waals surface area contributed by atoms with E-state index in [-0.39, 0.29) is 17.4 Å². The third-order valence-corrected chi connectivity index (χ3v) is 4.82. The minimum Gasteiger partial charge on any atom is -0.497 e. The van der Waals surface area contributed by atoms with Gasteiger partial charge in [0.05, 0.1) is 32.0 Å². The Labute approximate surface area is 157 Å². The SMILES string of the molecule is COc1ccc(OC)c(CNC(=O)C2CCN(c3cnn(C)c(=O)c3)C2)c1. The van der Waals surface area contributed by atoms with Crippen LogP contribution in [0.4, 0.5) is 5.69 Å². The summed E-state index contributed by atoms with van der Waals surface area (Å²) in [4.78, 5) is 26.4. The highest BCUT2D eigenvalue weighted by Crippen LogP contribution is 2.25. The highest BCUT2D eigenvalue weighted by molar-refractivity contribution is 5.80. The lowest BCUT2D eigenvalue weighted by Crippen LogP contribution is -2.33. The molecule has 1 aliphatic rings. The van der Waals surface area contributed by atoms with E-state index in [1.165, 1.54) is 4.68 Å². The van der Waals surface area contributed by atoms with E-state index < -0.39 is 0 Å². The molecule has 1 fully saturated rings. The Morgan fingerprint density at radius 3 is 2.81 bits per heavy atom. The molecular weight excluding hydrogens is 348 g/mol. The molecule has 1 amide bonds. The van der Waals surface area contributed by atoms with Gasteiger partial charge in [0.2, 0.25) is 5.91 Å². The molecule has 1 aromatic carbocycles. The van der Waals surface area contributed by atoms with Crippen LogP contribution in [-0.4, -0.2) is 43.0 Å². The lowest BCUT2D eigenvalue weighted by atomic mass is 10.1. The molecule has 0 bridgehead atoms. The first kappa shape index (κ1) is 18.8. The van der Waals surface area contributed by atoms with E-state index in [4.69, 9.17) is 9.47 Å². The molecule has 1 aliphatic heterocycles. The number of ether oxygens (including phenoxy) is 2. The largest absolute Gasteiger partial charge is 0.497 e. The molecule has 1 saturated heterocycles. The lowest BCUT2D eigenvalue weighted by molar-refractivity contribution is -0.124. The van der Waals surface area contributed by atoms with Gasteiger partial charge in [0.1, 0.15) is 11.5 Å². The van der Waals surface area contributed by atoms with Gasteiger partial charge in [0.15, 0.2) is 0 Å². The second kappa shape index (κ2) is 8.11. The average Bonchev–Trinajstić information content (AvgIpc) is 3.18. The van der Waals surface area contributed by atoms with Crippen LogP contribution < -0.4 is 25.2 Å². The van der Waals surface area contributed by atoms with E-state index in [1.807, 2.05) is 23.1 Å². The Bertz CT molecular complexity index is 880. The molecule has 1 atom stereocenters. The zero-order valence-corrected chi connectivity index (χ0v) is 15.8. The van der Waals surface area contributed by atoms with Gasteiger partial charge in [0, 0.05) is 38.3 Å². The molecule has 3 rings (SSSR count). The number of nitrogens with zero attached hydrogens (tertiary/aromatic N) is 3. The van der Waals surface area contributed by atoms with Crippen molar-refractivity contribution in [3.05, 3.63) is 46.4 Å². The molecular formula is C19H24N4O4. The van der Waals surface area contributed by atoms with Gasteiger partial charge in [-0.05, 0) is 24.6 Å². The Hall–Kier alpha value is -3.03. The first-order valence-corrected chi connectivity index (χ1v) is 8.78. The normalized spacial score (nSPS) is 16.3. The number of methoxy groups -OCH3 is 2. The number of carbonyl (C=O) groups excluding carboxylic acids is 1. The molecule has 0 spiro atoms. The van der Waals surface area contributed by atoms with E-state index in [1.54, 1.807) is 33.5 Å². The van der Waals surface area contributed by atoms with E-state index in [2.05, 4.69) is 10.4 Å². The molecule has 1 aromatic heterocycles. The van der Waals surface area contributed by atoms with Gasteiger partial charge in [0.25, 0.3) is 5.56 Å². The van der Waals surface area contributed by atoms with Crippen LogP contribution in [-0.2, 0) is 18.4 Å². The summed E-state index contributed by atoms with van der Waals surface area (Å²) in [6, 6.07) is 7.04. The number of nitrogens with one attached hydrogen (secondary N) is 1. The summed E-state index contributed by atoms with van der Waals surface area (Å²) >= 11 is 0. The minimum atomic E-state index is -0.162. The van der Waals surface area contributed by atoms with Gasteiger partial charge in [-0.15, -0.1) is 0 Å². The molecule has 1 unspecified atom stereocenters. The smallest absolute Gasteiger partial charge is 0.268 e. The van der Waals surface area contributed by atoms with Crippen molar-refractivity contribution in [3.63, 3.8) is 0 Å². The molecule has 0 radical (unpaired) electrons. The van der Waals surface area contributed by atoms with Crippen molar-refractivity contribution in [2.75, 3.05) is 32.2 Å². The molecule has 8 nitrogen and oxygen atoms in total. The van der Waals surface area contributed by atoms with Gasteiger partial charge >= 0.3 is 0 Å². The number of aromatic nitrogens is 2. The highest BCUT2D eigenvalue weighted by atomic mass is 16.5. The number of rotatable bonds is 6. The van der Waals surface area contributed by atoms with Crippen molar-refractivity contribution in [3.8, 4) is 11.5 Å². The summed E-state index contributed by atoms with van der Waals surface area (Å²) in [6.07, 6.45) is 2.39. The fourth-order valence-electron chi connectivity index (χ4n) is 3.19. The number of carbonyl (C=O) groups is 1. The number of hydrogen-bond acceptors (Lipinski definition) is 6. The van der Waals surface area contributed by atoms with E-state index in [0.717, 1.165) is 24.2 Å². The van der Waals surface area contributed by atoms with Gasteiger partial charge in [-0.2, -0.15) is 5.10 Å². The number of aryl methyl sites for hydroxylation is 1.